The van der Waals surface area contributed by atoms with Gasteiger partial charge in [0.1, 0.15) is 11.5 Å². The van der Waals surface area contributed by atoms with Crippen LogP contribution in [-0.2, 0) is 0 Å². The first kappa shape index (κ1) is 31.4. The number of aryl methyl sites for hydroxylation is 2. The molecule has 7 heteroatoms. The van der Waals surface area contributed by atoms with Gasteiger partial charge in [-0.1, -0.05) is 44.4 Å². The normalized spacial score (nSPS) is 14.6. The lowest BCUT2D eigenvalue weighted by Crippen LogP contribution is -2.19. The van der Waals surface area contributed by atoms with Gasteiger partial charge in [0, 0.05) is 22.3 Å². The Bertz CT molecular complexity index is 1660. The van der Waals surface area contributed by atoms with Crippen molar-refractivity contribution in [2.24, 2.45) is 5.73 Å². The number of fused-ring (bicyclic) bond motifs is 1. The molecule has 1 fully saturated rings. The summed E-state index contributed by atoms with van der Waals surface area (Å²) in [6, 6.07) is 9.04. The quantitative estimate of drug-likeness (QED) is 0.175. The summed E-state index contributed by atoms with van der Waals surface area (Å²) in [5, 5.41) is 8.54. The van der Waals surface area contributed by atoms with Crippen molar-refractivity contribution in [2.75, 3.05) is 19.6 Å². The Morgan fingerprint density at radius 1 is 1.12 bits per heavy atom. The van der Waals surface area contributed by atoms with Crippen LogP contribution >= 0.6 is 0 Å². The number of nitrogens with two attached hydrogens (primary N) is 1. The number of nitrogens with zero attached hydrogens (tertiary/aromatic N) is 3. The number of hydrogen-bond donors (Lipinski definition) is 3. The molecule has 224 valence electrons. The molecular formula is C36H43FN6. The van der Waals surface area contributed by atoms with E-state index >= 15 is 0 Å². The summed E-state index contributed by atoms with van der Waals surface area (Å²) in [6.45, 7) is 19.7. The van der Waals surface area contributed by atoms with Gasteiger partial charge in [0.25, 0.3) is 0 Å². The summed E-state index contributed by atoms with van der Waals surface area (Å²) < 4.78 is 14.2. The van der Waals surface area contributed by atoms with E-state index in [1.807, 2.05) is 57.2 Å². The maximum atomic E-state index is 14.2. The molecule has 43 heavy (non-hydrogen) atoms. The van der Waals surface area contributed by atoms with Crippen LogP contribution in [0.2, 0.25) is 0 Å². The Balaban J connectivity index is 0.000000458. The molecule has 0 amide bonds. The Morgan fingerprint density at radius 3 is 2.53 bits per heavy atom. The van der Waals surface area contributed by atoms with Gasteiger partial charge in [0.2, 0.25) is 0 Å². The molecule has 3 aromatic heterocycles. The van der Waals surface area contributed by atoms with Crippen LogP contribution in [0.4, 0.5) is 4.39 Å². The Morgan fingerprint density at radius 2 is 1.88 bits per heavy atom. The van der Waals surface area contributed by atoms with Crippen molar-refractivity contribution in [3.63, 3.8) is 0 Å². The number of aromatic nitrogens is 4. The van der Waals surface area contributed by atoms with Gasteiger partial charge in [-0.25, -0.2) is 4.39 Å². The number of hydrogen-bond acceptors (Lipinski definition) is 4. The fourth-order valence-electron chi connectivity index (χ4n) is 5.46. The van der Waals surface area contributed by atoms with Gasteiger partial charge < -0.3 is 15.6 Å². The SMILES string of the molecule is C=C/C=C(/c1cc(C)cc(F)c1)c1cc(-c2n[nH]c3cnc(C(/C=C(/N)C=C)=C/C)cc23)[nH]c1C.CCCN1CCCC1. The second-order valence-corrected chi connectivity index (χ2v) is 10.9. The van der Waals surface area contributed by atoms with E-state index < -0.39 is 0 Å². The number of benzene rings is 1. The minimum absolute atomic E-state index is 0.271. The molecule has 4 N–H and O–H groups in total. The van der Waals surface area contributed by atoms with E-state index in [-0.39, 0.29) is 5.82 Å². The fourth-order valence-corrected chi connectivity index (χ4v) is 5.46. The van der Waals surface area contributed by atoms with E-state index in [1.165, 1.54) is 51.0 Å². The third-order valence-corrected chi connectivity index (χ3v) is 7.55. The topological polar surface area (TPSA) is 86.6 Å². The lowest BCUT2D eigenvalue weighted by Gasteiger charge is -2.11. The molecule has 6 nitrogen and oxygen atoms in total. The van der Waals surface area contributed by atoms with Gasteiger partial charge in [-0.15, -0.1) is 0 Å². The number of aromatic amines is 2. The third kappa shape index (κ3) is 7.67. The number of allylic oxidation sites excluding steroid dienone is 6. The average molecular weight is 579 g/mol. The van der Waals surface area contributed by atoms with Crippen LogP contribution in [0, 0.1) is 19.7 Å². The number of nitrogens with one attached hydrogen (secondary N) is 2. The molecule has 5 rings (SSSR count). The first-order chi connectivity index (χ1) is 20.8. The number of likely N-dealkylation sites (tertiary alicyclic amines) is 1. The second-order valence-electron chi connectivity index (χ2n) is 10.9. The molecule has 1 saturated heterocycles. The zero-order chi connectivity index (χ0) is 30.9. The highest BCUT2D eigenvalue weighted by Crippen LogP contribution is 2.34. The van der Waals surface area contributed by atoms with Crippen LogP contribution in [0.1, 0.15) is 61.2 Å². The minimum atomic E-state index is -0.271. The van der Waals surface area contributed by atoms with Crippen molar-refractivity contribution in [1.82, 2.24) is 25.1 Å². The average Bonchev–Trinajstić information content (AvgIpc) is 3.74. The molecule has 0 radical (unpaired) electrons. The molecule has 4 aromatic rings. The van der Waals surface area contributed by atoms with E-state index in [1.54, 1.807) is 18.3 Å². The largest absolute Gasteiger partial charge is 0.399 e. The Kier molecular flexibility index (Phi) is 10.7. The van der Waals surface area contributed by atoms with Crippen LogP contribution in [0.15, 0.2) is 85.8 Å². The van der Waals surface area contributed by atoms with Gasteiger partial charge >= 0.3 is 0 Å². The summed E-state index contributed by atoms with van der Waals surface area (Å²) in [6.07, 6.45) is 14.9. The maximum absolute atomic E-state index is 14.2. The van der Waals surface area contributed by atoms with Crippen molar-refractivity contribution in [1.29, 1.82) is 0 Å². The molecule has 0 bridgehead atoms. The number of pyridine rings is 1. The molecule has 0 unspecified atom stereocenters. The second kappa shape index (κ2) is 14.6. The van der Waals surface area contributed by atoms with E-state index in [9.17, 15) is 4.39 Å². The summed E-state index contributed by atoms with van der Waals surface area (Å²) in [7, 11) is 0. The summed E-state index contributed by atoms with van der Waals surface area (Å²) in [5.41, 5.74) is 15.0. The molecule has 1 aliphatic heterocycles. The third-order valence-electron chi connectivity index (χ3n) is 7.55. The summed E-state index contributed by atoms with van der Waals surface area (Å²) in [4.78, 5) is 10.6. The van der Waals surface area contributed by atoms with Crippen LogP contribution in [0.3, 0.4) is 0 Å². The van der Waals surface area contributed by atoms with Crippen LogP contribution in [0.25, 0.3) is 33.4 Å². The summed E-state index contributed by atoms with van der Waals surface area (Å²) >= 11 is 0. The predicted molar refractivity (Wildman–Crippen MR) is 179 cm³/mol. The first-order valence-corrected chi connectivity index (χ1v) is 14.9. The van der Waals surface area contributed by atoms with Gasteiger partial charge in [-0.3, -0.25) is 10.1 Å². The monoisotopic (exact) mass is 578 g/mol. The maximum Gasteiger partial charge on any atom is 0.124 e. The highest BCUT2D eigenvalue weighted by Gasteiger charge is 2.17. The Labute approximate surface area is 254 Å². The van der Waals surface area contributed by atoms with Crippen molar-refractivity contribution in [3.05, 3.63) is 120 Å². The zero-order valence-electron chi connectivity index (χ0n) is 25.8. The highest BCUT2D eigenvalue weighted by atomic mass is 19.1. The lowest BCUT2D eigenvalue weighted by molar-refractivity contribution is 0.339. The van der Waals surface area contributed by atoms with Gasteiger partial charge in [0.05, 0.1) is 23.1 Å². The number of rotatable bonds is 9. The van der Waals surface area contributed by atoms with Crippen molar-refractivity contribution >= 4 is 22.0 Å². The van der Waals surface area contributed by atoms with Crippen molar-refractivity contribution in [3.8, 4) is 11.4 Å². The molecule has 0 saturated carbocycles. The molecule has 0 atom stereocenters. The number of H-pyrrole nitrogens is 2. The lowest BCUT2D eigenvalue weighted by atomic mass is 9.96. The van der Waals surface area contributed by atoms with E-state index in [4.69, 9.17) is 5.73 Å². The van der Waals surface area contributed by atoms with Gasteiger partial charge in [0.15, 0.2) is 0 Å². The van der Waals surface area contributed by atoms with Crippen LogP contribution in [0.5, 0.6) is 0 Å². The summed E-state index contributed by atoms with van der Waals surface area (Å²) in [5.74, 6) is -0.271. The molecule has 0 aliphatic carbocycles. The fraction of sp³-hybridized carbons (Fsp3) is 0.278. The standard InChI is InChI=1S/C29H28FN5.C7H15N/c1-6-9-23(20-10-17(4)11-21(30)12-20)24-14-27(33-18(24)5)29-25-15-26(32-16-28(25)34-35-29)19(7-2)13-22(31)8-3;1-2-5-8-6-3-4-7-8/h6-16,33H,1,3,31H2,2,4-5H3,(H,34,35);2-7H2,1H3/b19-7+,22-13+,23-9-;. The highest BCUT2D eigenvalue weighted by molar-refractivity contribution is 5.95. The van der Waals surface area contributed by atoms with Crippen LogP contribution in [-0.4, -0.2) is 44.7 Å². The zero-order valence-corrected chi connectivity index (χ0v) is 25.8. The molecule has 0 spiro atoms. The van der Waals surface area contributed by atoms with E-state index in [2.05, 4.69) is 45.1 Å². The first-order valence-electron chi connectivity index (χ1n) is 14.9. The molecule has 1 aromatic carbocycles. The van der Waals surface area contributed by atoms with Crippen molar-refractivity contribution in [2.45, 2.75) is 47.0 Å². The number of halogens is 1. The molecular weight excluding hydrogens is 535 g/mol. The smallest absolute Gasteiger partial charge is 0.124 e. The van der Waals surface area contributed by atoms with Crippen molar-refractivity contribution < 1.29 is 4.39 Å². The van der Waals surface area contributed by atoms with Crippen LogP contribution < -0.4 is 5.73 Å². The Hall–Kier alpha value is -4.49. The van der Waals surface area contributed by atoms with Gasteiger partial charge in [-0.05, 0) is 118 Å². The van der Waals surface area contributed by atoms with E-state index in [0.29, 0.717) is 5.70 Å². The molecule has 4 heterocycles. The molecule has 1 aliphatic rings. The van der Waals surface area contributed by atoms with E-state index in [0.717, 1.165) is 61.5 Å². The minimum Gasteiger partial charge on any atom is -0.399 e. The predicted octanol–water partition coefficient (Wildman–Crippen LogP) is 8.25. The van der Waals surface area contributed by atoms with Gasteiger partial charge in [-0.2, -0.15) is 5.10 Å².